The number of benzene rings is 2. The maximum Gasteiger partial charge on any atom is 0.237 e. The van der Waals surface area contributed by atoms with E-state index >= 15 is 0 Å². The van der Waals surface area contributed by atoms with Crippen molar-refractivity contribution in [2.45, 2.75) is 38.4 Å². The zero-order valence-corrected chi connectivity index (χ0v) is 16.7. The molecule has 4 rings (SSSR count). The molecule has 28 heavy (non-hydrogen) atoms. The summed E-state index contributed by atoms with van der Waals surface area (Å²) in [5, 5.41) is 0. The zero-order chi connectivity index (χ0) is 19.5. The van der Waals surface area contributed by atoms with Gasteiger partial charge in [0.05, 0.1) is 20.8 Å². The standard InChI is InChI=1S/C23H28N2O3/c1-27-21-12-18-10-11-24(15-19(18)13-22(21)28-2)23(26)16-25(20-8-9-20)14-17-6-4-3-5-7-17/h3-7,12-13,20H,8-11,14-16H2,1-2H3. The molecule has 1 aliphatic heterocycles. The van der Waals surface area contributed by atoms with Crippen molar-refractivity contribution < 1.29 is 14.3 Å². The highest BCUT2D eigenvalue weighted by Crippen LogP contribution is 2.33. The van der Waals surface area contributed by atoms with Gasteiger partial charge in [-0.1, -0.05) is 30.3 Å². The summed E-state index contributed by atoms with van der Waals surface area (Å²) in [5.74, 6) is 1.69. The second-order valence-electron chi connectivity index (χ2n) is 7.66. The number of methoxy groups -OCH3 is 2. The van der Waals surface area contributed by atoms with E-state index in [9.17, 15) is 4.79 Å². The van der Waals surface area contributed by atoms with Crippen LogP contribution in [0, 0.1) is 0 Å². The molecule has 0 spiro atoms. The van der Waals surface area contributed by atoms with E-state index in [-0.39, 0.29) is 5.91 Å². The molecule has 0 atom stereocenters. The van der Waals surface area contributed by atoms with Crippen molar-refractivity contribution in [3.63, 3.8) is 0 Å². The molecule has 0 saturated heterocycles. The van der Waals surface area contributed by atoms with E-state index in [0.29, 0.717) is 19.1 Å². The Kier molecular flexibility index (Phi) is 5.53. The lowest BCUT2D eigenvalue weighted by Gasteiger charge is -2.32. The number of ether oxygens (including phenoxy) is 2. The van der Waals surface area contributed by atoms with E-state index in [2.05, 4.69) is 29.2 Å². The van der Waals surface area contributed by atoms with Gasteiger partial charge in [0.15, 0.2) is 11.5 Å². The van der Waals surface area contributed by atoms with Gasteiger partial charge in [0.2, 0.25) is 5.91 Å². The molecule has 2 aliphatic rings. The minimum atomic E-state index is 0.211. The second kappa shape index (κ2) is 8.23. The van der Waals surface area contributed by atoms with E-state index < -0.39 is 0 Å². The number of carbonyl (C=O) groups excluding carboxylic acids is 1. The van der Waals surface area contributed by atoms with Gasteiger partial charge in [-0.3, -0.25) is 9.69 Å². The molecule has 5 heteroatoms. The Morgan fingerprint density at radius 3 is 2.39 bits per heavy atom. The molecule has 0 N–H and O–H groups in total. The quantitative estimate of drug-likeness (QED) is 0.739. The molecule has 148 valence electrons. The SMILES string of the molecule is COc1cc2c(cc1OC)CN(C(=O)CN(Cc1ccccc1)C1CC1)CC2. The molecule has 2 aromatic carbocycles. The second-order valence-corrected chi connectivity index (χ2v) is 7.66. The monoisotopic (exact) mass is 380 g/mol. The Morgan fingerprint density at radius 2 is 1.75 bits per heavy atom. The van der Waals surface area contributed by atoms with Crippen LogP contribution in [0.15, 0.2) is 42.5 Å². The van der Waals surface area contributed by atoms with Gasteiger partial charge in [0, 0.05) is 25.7 Å². The fourth-order valence-electron chi connectivity index (χ4n) is 3.94. The first-order chi connectivity index (χ1) is 13.7. The summed E-state index contributed by atoms with van der Waals surface area (Å²) in [4.78, 5) is 17.4. The molecule has 2 aromatic rings. The molecule has 1 saturated carbocycles. The highest BCUT2D eigenvalue weighted by Gasteiger charge is 2.32. The van der Waals surface area contributed by atoms with Gasteiger partial charge in [0.1, 0.15) is 0 Å². The molecular formula is C23H28N2O3. The molecule has 1 amide bonds. The van der Waals surface area contributed by atoms with Crippen molar-refractivity contribution in [2.75, 3.05) is 27.3 Å². The van der Waals surface area contributed by atoms with Crippen molar-refractivity contribution in [1.82, 2.24) is 9.80 Å². The maximum atomic E-state index is 13.0. The average molecular weight is 380 g/mol. The molecule has 0 bridgehead atoms. The van der Waals surface area contributed by atoms with E-state index in [0.717, 1.165) is 36.6 Å². The largest absolute Gasteiger partial charge is 0.493 e. The van der Waals surface area contributed by atoms with Crippen LogP contribution in [0.2, 0.25) is 0 Å². The molecule has 0 unspecified atom stereocenters. The van der Waals surface area contributed by atoms with E-state index in [1.54, 1.807) is 14.2 Å². The Morgan fingerprint density at radius 1 is 1.07 bits per heavy atom. The van der Waals surface area contributed by atoms with Crippen molar-refractivity contribution in [2.24, 2.45) is 0 Å². The van der Waals surface area contributed by atoms with Crippen LogP contribution in [0.5, 0.6) is 11.5 Å². The van der Waals surface area contributed by atoms with Gasteiger partial charge in [-0.25, -0.2) is 0 Å². The number of hydrogen-bond acceptors (Lipinski definition) is 4. The lowest BCUT2D eigenvalue weighted by atomic mass is 9.98. The van der Waals surface area contributed by atoms with Crippen LogP contribution in [0.3, 0.4) is 0 Å². The minimum absolute atomic E-state index is 0.211. The summed E-state index contributed by atoms with van der Waals surface area (Å²) in [6.07, 6.45) is 3.24. The number of carbonyl (C=O) groups is 1. The molecular weight excluding hydrogens is 352 g/mol. The van der Waals surface area contributed by atoms with Gasteiger partial charge in [0.25, 0.3) is 0 Å². The zero-order valence-electron chi connectivity index (χ0n) is 16.7. The van der Waals surface area contributed by atoms with Crippen LogP contribution < -0.4 is 9.47 Å². The maximum absolute atomic E-state index is 13.0. The lowest BCUT2D eigenvalue weighted by molar-refractivity contribution is -0.133. The molecule has 5 nitrogen and oxygen atoms in total. The van der Waals surface area contributed by atoms with Crippen molar-refractivity contribution in [1.29, 1.82) is 0 Å². The van der Waals surface area contributed by atoms with Crippen LogP contribution in [0.4, 0.5) is 0 Å². The summed E-state index contributed by atoms with van der Waals surface area (Å²) < 4.78 is 10.8. The van der Waals surface area contributed by atoms with Crippen LogP contribution in [-0.4, -0.2) is 49.1 Å². The predicted molar refractivity (Wildman–Crippen MR) is 109 cm³/mol. The average Bonchev–Trinajstić information content (AvgIpc) is 3.58. The highest BCUT2D eigenvalue weighted by molar-refractivity contribution is 5.78. The molecule has 0 radical (unpaired) electrons. The number of fused-ring (bicyclic) bond motifs is 1. The third kappa shape index (κ3) is 4.14. The van der Waals surface area contributed by atoms with Crippen LogP contribution in [0.25, 0.3) is 0 Å². The van der Waals surface area contributed by atoms with E-state index in [1.165, 1.54) is 24.0 Å². The normalized spacial score (nSPS) is 16.0. The predicted octanol–water partition coefficient (Wildman–Crippen LogP) is 3.25. The third-order valence-electron chi connectivity index (χ3n) is 5.70. The summed E-state index contributed by atoms with van der Waals surface area (Å²) >= 11 is 0. The Balaban J connectivity index is 1.44. The van der Waals surface area contributed by atoms with Crippen LogP contribution >= 0.6 is 0 Å². The number of rotatable bonds is 7. The minimum Gasteiger partial charge on any atom is -0.493 e. The lowest BCUT2D eigenvalue weighted by Crippen LogP contribution is -2.43. The van der Waals surface area contributed by atoms with Gasteiger partial charge >= 0.3 is 0 Å². The highest BCUT2D eigenvalue weighted by atomic mass is 16.5. The van der Waals surface area contributed by atoms with Gasteiger partial charge in [-0.15, -0.1) is 0 Å². The molecule has 0 aromatic heterocycles. The van der Waals surface area contributed by atoms with Crippen molar-refractivity contribution in [3.05, 3.63) is 59.2 Å². The number of amides is 1. The summed E-state index contributed by atoms with van der Waals surface area (Å²) in [6, 6.07) is 15.0. The first-order valence-electron chi connectivity index (χ1n) is 9.97. The van der Waals surface area contributed by atoms with Gasteiger partial charge in [-0.05, 0) is 48.1 Å². The topological polar surface area (TPSA) is 42.0 Å². The van der Waals surface area contributed by atoms with Gasteiger partial charge in [-0.2, -0.15) is 0 Å². The number of hydrogen-bond donors (Lipinski definition) is 0. The summed E-state index contributed by atoms with van der Waals surface area (Å²) in [7, 11) is 3.30. The fourth-order valence-corrected chi connectivity index (χ4v) is 3.94. The first kappa shape index (κ1) is 18.8. The smallest absolute Gasteiger partial charge is 0.237 e. The first-order valence-corrected chi connectivity index (χ1v) is 9.97. The molecule has 1 heterocycles. The van der Waals surface area contributed by atoms with Crippen LogP contribution in [0.1, 0.15) is 29.5 Å². The fraction of sp³-hybridized carbons (Fsp3) is 0.435. The Labute approximate surface area is 166 Å². The Bertz CT molecular complexity index is 833. The van der Waals surface area contributed by atoms with Gasteiger partial charge < -0.3 is 14.4 Å². The summed E-state index contributed by atoms with van der Waals surface area (Å²) in [6.45, 7) is 2.72. The number of nitrogens with zero attached hydrogens (tertiary/aromatic N) is 2. The summed E-state index contributed by atoms with van der Waals surface area (Å²) in [5.41, 5.74) is 3.66. The van der Waals surface area contributed by atoms with E-state index in [4.69, 9.17) is 9.47 Å². The molecule has 1 aliphatic carbocycles. The van der Waals surface area contributed by atoms with E-state index in [1.807, 2.05) is 23.1 Å². The van der Waals surface area contributed by atoms with Crippen molar-refractivity contribution in [3.8, 4) is 11.5 Å². The Hall–Kier alpha value is -2.53. The molecule has 1 fully saturated rings. The van der Waals surface area contributed by atoms with Crippen LogP contribution in [-0.2, 0) is 24.3 Å². The third-order valence-corrected chi connectivity index (χ3v) is 5.70. The van der Waals surface area contributed by atoms with Crippen molar-refractivity contribution >= 4 is 5.91 Å².